The molecule has 96 valence electrons. The van der Waals surface area contributed by atoms with E-state index < -0.39 is 0 Å². The highest BCUT2D eigenvalue weighted by atomic mass is 32.1. The summed E-state index contributed by atoms with van der Waals surface area (Å²) in [5.41, 5.74) is 7.42. The third-order valence-corrected chi connectivity index (χ3v) is 3.91. The van der Waals surface area contributed by atoms with Crippen LogP contribution in [0.4, 0.5) is 0 Å². The summed E-state index contributed by atoms with van der Waals surface area (Å²) in [7, 11) is 0. The summed E-state index contributed by atoms with van der Waals surface area (Å²) >= 11 is 1.72. The third-order valence-electron chi connectivity index (χ3n) is 2.91. The average Bonchev–Trinajstić information content (AvgIpc) is 2.92. The second kappa shape index (κ2) is 6.57. The summed E-state index contributed by atoms with van der Waals surface area (Å²) < 4.78 is 5.62. The van der Waals surface area contributed by atoms with Gasteiger partial charge in [0.05, 0.1) is 6.61 Å². The molecule has 0 saturated heterocycles. The summed E-state index contributed by atoms with van der Waals surface area (Å²) in [6.07, 6.45) is 1.90. The van der Waals surface area contributed by atoms with Gasteiger partial charge in [0.25, 0.3) is 0 Å². The van der Waals surface area contributed by atoms with Gasteiger partial charge in [-0.25, -0.2) is 0 Å². The van der Waals surface area contributed by atoms with Gasteiger partial charge in [0, 0.05) is 10.9 Å². The van der Waals surface area contributed by atoms with Crippen molar-refractivity contribution >= 4 is 11.3 Å². The van der Waals surface area contributed by atoms with Gasteiger partial charge in [-0.3, -0.25) is 0 Å². The fourth-order valence-electron chi connectivity index (χ4n) is 1.96. The molecule has 1 heterocycles. The Labute approximate surface area is 112 Å². The number of nitrogens with two attached hydrogens (primary N) is 1. The van der Waals surface area contributed by atoms with Crippen LogP contribution in [0.3, 0.4) is 0 Å². The number of aryl methyl sites for hydroxylation is 1. The van der Waals surface area contributed by atoms with Crippen LogP contribution in [0.15, 0.2) is 41.8 Å². The molecule has 1 aromatic heterocycles. The molecular weight excluding hydrogens is 242 g/mol. The summed E-state index contributed by atoms with van der Waals surface area (Å²) in [6.45, 7) is 2.71. The smallest absolute Gasteiger partial charge is 0.122 e. The Balaban J connectivity index is 1.97. The van der Waals surface area contributed by atoms with Gasteiger partial charge < -0.3 is 10.5 Å². The first-order valence-corrected chi connectivity index (χ1v) is 7.19. The van der Waals surface area contributed by atoms with Gasteiger partial charge in [-0.05, 0) is 42.8 Å². The standard InChI is InChI=1S/C15H19NOS/c1-2-17-14-7-4-3-6-12(14)9-10-13(16)15-8-5-11-18-15/h3-8,11,13H,2,9-10,16H2,1H3. The monoisotopic (exact) mass is 261 g/mol. The van der Waals surface area contributed by atoms with Gasteiger partial charge in [-0.15, -0.1) is 11.3 Å². The van der Waals surface area contributed by atoms with Crippen molar-refractivity contribution in [1.82, 2.24) is 0 Å². The number of hydrogen-bond donors (Lipinski definition) is 1. The number of thiophene rings is 1. The lowest BCUT2D eigenvalue weighted by Gasteiger charge is -2.12. The summed E-state index contributed by atoms with van der Waals surface area (Å²) in [5, 5.41) is 2.07. The zero-order valence-electron chi connectivity index (χ0n) is 10.6. The van der Waals surface area contributed by atoms with Crippen molar-refractivity contribution in [2.24, 2.45) is 5.73 Å². The van der Waals surface area contributed by atoms with Crippen LogP contribution >= 0.6 is 11.3 Å². The van der Waals surface area contributed by atoms with Crippen molar-refractivity contribution in [3.63, 3.8) is 0 Å². The molecule has 1 unspecified atom stereocenters. The van der Waals surface area contributed by atoms with E-state index in [-0.39, 0.29) is 6.04 Å². The third kappa shape index (κ3) is 3.34. The molecule has 2 aromatic rings. The van der Waals surface area contributed by atoms with Crippen LogP contribution in [0.2, 0.25) is 0 Å². The predicted octanol–water partition coefficient (Wildman–Crippen LogP) is 3.78. The van der Waals surface area contributed by atoms with Crippen LogP contribution in [-0.4, -0.2) is 6.61 Å². The minimum Gasteiger partial charge on any atom is -0.494 e. The molecule has 2 N–H and O–H groups in total. The van der Waals surface area contributed by atoms with E-state index in [1.807, 2.05) is 25.1 Å². The average molecular weight is 261 g/mol. The molecule has 0 amide bonds. The zero-order chi connectivity index (χ0) is 12.8. The van der Waals surface area contributed by atoms with Gasteiger partial charge in [-0.2, -0.15) is 0 Å². The second-order valence-corrected chi connectivity index (χ2v) is 5.18. The van der Waals surface area contributed by atoms with Gasteiger partial charge in [0.15, 0.2) is 0 Å². The van der Waals surface area contributed by atoms with E-state index in [1.165, 1.54) is 10.4 Å². The molecule has 1 aromatic carbocycles. The zero-order valence-corrected chi connectivity index (χ0v) is 11.5. The number of ether oxygens (including phenoxy) is 1. The Morgan fingerprint density at radius 3 is 2.78 bits per heavy atom. The molecule has 0 aliphatic carbocycles. The van der Waals surface area contributed by atoms with E-state index in [2.05, 4.69) is 23.6 Å². The molecule has 18 heavy (non-hydrogen) atoms. The molecule has 2 nitrogen and oxygen atoms in total. The minimum absolute atomic E-state index is 0.125. The first-order valence-electron chi connectivity index (χ1n) is 6.31. The van der Waals surface area contributed by atoms with E-state index in [1.54, 1.807) is 11.3 Å². The topological polar surface area (TPSA) is 35.2 Å². The molecule has 1 atom stereocenters. The Kier molecular flexibility index (Phi) is 4.79. The molecule has 0 spiro atoms. The highest BCUT2D eigenvalue weighted by molar-refractivity contribution is 7.10. The second-order valence-electron chi connectivity index (χ2n) is 4.20. The quantitative estimate of drug-likeness (QED) is 0.859. The normalized spacial score (nSPS) is 12.3. The molecule has 0 fully saturated rings. The predicted molar refractivity (Wildman–Crippen MR) is 77.2 cm³/mol. The van der Waals surface area contributed by atoms with Gasteiger partial charge >= 0.3 is 0 Å². The molecular formula is C15H19NOS. The number of rotatable bonds is 6. The van der Waals surface area contributed by atoms with Gasteiger partial charge in [0.1, 0.15) is 5.75 Å². The highest BCUT2D eigenvalue weighted by Crippen LogP contribution is 2.25. The lowest BCUT2D eigenvalue weighted by Crippen LogP contribution is -2.10. The van der Waals surface area contributed by atoms with Crippen LogP contribution in [0.5, 0.6) is 5.75 Å². The van der Waals surface area contributed by atoms with Crippen molar-refractivity contribution in [2.45, 2.75) is 25.8 Å². The van der Waals surface area contributed by atoms with E-state index in [9.17, 15) is 0 Å². The molecule has 0 bridgehead atoms. The fourth-order valence-corrected chi connectivity index (χ4v) is 2.73. The van der Waals surface area contributed by atoms with Crippen LogP contribution < -0.4 is 10.5 Å². The molecule has 0 radical (unpaired) electrons. The van der Waals surface area contributed by atoms with Gasteiger partial charge in [-0.1, -0.05) is 24.3 Å². The van der Waals surface area contributed by atoms with Crippen LogP contribution in [0, 0.1) is 0 Å². The van der Waals surface area contributed by atoms with Crippen LogP contribution in [-0.2, 0) is 6.42 Å². The number of para-hydroxylation sites is 1. The molecule has 3 heteroatoms. The molecule has 2 rings (SSSR count). The molecule has 0 aliphatic heterocycles. The Morgan fingerprint density at radius 2 is 2.06 bits per heavy atom. The first-order chi connectivity index (χ1) is 8.81. The SMILES string of the molecule is CCOc1ccccc1CCC(N)c1cccs1. The molecule has 0 saturated carbocycles. The maximum absolute atomic E-state index is 6.18. The summed E-state index contributed by atoms with van der Waals surface area (Å²) in [5.74, 6) is 0.985. The Hall–Kier alpha value is -1.32. The van der Waals surface area contributed by atoms with Crippen molar-refractivity contribution in [2.75, 3.05) is 6.61 Å². The van der Waals surface area contributed by atoms with Crippen molar-refractivity contribution in [3.05, 3.63) is 52.2 Å². The summed E-state index contributed by atoms with van der Waals surface area (Å²) in [4.78, 5) is 1.25. The van der Waals surface area contributed by atoms with E-state index in [0.29, 0.717) is 6.61 Å². The highest BCUT2D eigenvalue weighted by Gasteiger charge is 2.09. The van der Waals surface area contributed by atoms with Gasteiger partial charge in [0.2, 0.25) is 0 Å². The van der Waals surface area contributed by atoms with Crippen molar-refractivity contribution < 1.29 is 4.74 Å². The van der Waals surface area contributed by atoms with Crippen LogP contribution in [0.25, 0.3) is 0 Å². The molecule has 0 aliphatic rings. The van der Waals surface area contributed by atoms with Crippen molar-refractivity contribution in [1.29, 1.82) is 0 Å². The minimum atomic E-state index is 0.125. The number of benzene rings is 1. The largest absolute Gasteiger partial charge is 0.494 e. The Morgan fingerprint density at radius 1 is 1.22 bits per heavy atom. The van der Waals surface area contributed by atoms with E-state index >= 15 is 0 Å². The first kappa shape index (κ1) is 13.1. The van der Waals surface area contributed by atoms with E-state index in [0.717, 1.165) is 18.6 Å². The van der Waals surface area contributed by atoms with Crippen molar-refractivity contribution in [3.8, 4) is 5.75 Å². The lowest BCUT2D eigenvalue weighted by molar-refractivity contribution is 0.336. The maximum atomic E-state index is 6.18. The summed E-state index contributed by atoms with van der Waals surface area (Å²) in [6, 6.07) is 12.5. The van der Waals surface area contributed by atoms with E-state index in [4.69, 9.17) is 10.5 Å². The van der Waals surface area contributed by atoms with Crippen LogP contribution in [0.1, 0.15) is 29.8 Å². The maximum Gasteiger partial charge on any atom is 0.122 e. The Bertz CT molecular complexity index is 467. The fraction of sp³-hybridized carbons (Fsp3) is 0.333. The lowest BCUT2D eigenvalue weighted by atomic mass is 10.0. The number of hydrogen-bond acceptors (Lipinski definition) is 3.